The Labute approximate surface area is 69.6 Å². The monoisotopic (exact) mass is 196 g/mol. The fourth-order valence-electron chi connectivity index (χ4n) is 0.841. The Morgan fingerprint density at radius 2 is 2.00 bits per heavy atom. The van der Waals surface area contributed by atoms with E-state index in [1.807, 2.05) is 24.3 Å². The molecule has 2 radical (unpaired) electrons. The molecule has 1 unspecified atom stereocenters. The van der Waals surface area contributed by atoms with Crippen molar-refractivity contribution in [1.29, 1.82) is 0 Å². The normalized spacial score (nSPS) is 13.1. The molecule has 0 spiro atoms. The average molecular weight is 196 g/mol. The SMILES string of the molecule is CC(O)c1ccccc1[As]. The van der Waals surface area contributed by atoms with E-state index in [9.17, 15) is 5.11 Å². The molecule has 0 heterocycles. The van der Waals surface area contributed by atoms with Crippen molar-refractivity contribution < 1.29 is 5.11 Å². The van der Waals surface area contributed by atoms with Gasteiger partial charge in [0, 0.05) is 0 Å². The quantitative estimate of drug-likeness (QED) is 0.649. The van der Waals surface area contributed by atoms with E-state index >= 15 is 0 Å². The van der Waals surface area contributed by atoms with Crippen LogP contribution in [0.4, 0.5) is 0 Å². The predicted octanol–water partition coefficient (Wildman–Crippen LogP) is 0.534. The van der Waals surface area contributed by atoms with Gasteiger partial charge in [-0.25, -0.2) is 0 Å². The van der Waals surface area contributed by atoms with Gasteiger partial charge in [-0.15, -0.1) is 0 Å². The maximum absolute atomic E-state index is 9.19. The molecule has 1 aromatic rings. The van der Waals surface area contributed by atoms with Crippen molar-refractivity contribution in [2.24, 2.45) is 0 Å². The Kier molecular flexibility index (Phi) is 2.53. The maximum atomic E-state index is 9.19. The first-order valence-electron chi connectivity index (χ1n) is 3.18. The number of hydrogen-bond donors (Lipinski definition) is 1. The summed E-state index contributed by atoms with van der Waals surface area (Å²) < 4.78 is 1.09. The van der Waals surface area contributed by atoms with Crippen LogP contribution in [0.5, 0.6) is 0 Å². The molecule has 1 nitrogen and oxygen atoms in total. The van der Waals surface area contributed by atoms with E-state index in [0.717, 1.165) is 9.91 Å². The van der Waals surface area contributed by atoms with Crippen LogP contribution in [0.1, 0.15) is 18.6 Å². The summed E-state index contributed by atoms with van der Waals surface area (Å²) in [6, 6.07) is 7.79. The van der Waals surface area contributed by atoms with Crippen molar-refractivity contribution in [2.45, 2.75) is 13.0 Å². The molecule has 1 rings (SSSR count). The molecule has 52 valence electrons. The fourth-order valence-corrected chi connectivity index (χ4v) is 1.57. The second kappa shape index (κ2) is 3.22. The molecular weight excluding hydrogens is 187 g/mol. The van der Waals surface area contributed by atoms with E-state index in [0.29, 0.717) is 0 Å². The van der Waals surface area contributed by atoms with Crippen LogP contribution in [-0.2, 0) is 0 Å². The summed E-state index contributed by atoms with van der Waals surface area (Å²) in [5, 5.41) is 9.19. The number of rotatable bonds is 1. The van der Waals surface area contributed by atoms with Gasteiger partial charge in [0.1, 0.15) is 0 Å². The molecule has 2 heteroatoms. The third-order valence-electron chi connectivity index (χ3n) is 1.39. The molecule has 1 N–H and O–H groups in total. The Morgan fingerprint density at radius 1 is 1.40 bits per heavy atom. The summed E-state index contributed by atoms with van der Waals surface area (Å²) >= 11 is 2.45. The molecular formula is C8H9AsO. The molecule has 1 aromatic carbocycles. The zero-order chi connectivity index (χ0) is 7.56. The first kappa shape index (κ1) is 7.84. The number of hydrogen-bond acceptors (Lipinski definition) is 1. The Bertz CT molecular complexity index is 220. The zero-order valence-electron chi connectivity index (χ0n) is 5.78. The Morgan fingerprint density at radius 3 is 2.40 bits per heavy atom. The van der Waals surface area contributed by atoms with Gasteiger partial charge in [0.25, 0.3) is 0 Å². The summed E-state index contributed by atoms with van der Waals surface area (Å²) in [6.45, 7) is 1.77. The molecule has 1 atom stereocenters. The molecule has 0 aliphatic carbocycles. The second-order valence-electron chi connectivity index (χ2n) is 2.23. The second-order valence-corrected chi connectivity index (χ2v) is 3.25. The van der Waals surface area contributed by atoms with Gasteiger partial charge in [0.05, 0.1) is 0 Å². The Balaban J connectivity index is 3.03. The molecule has 0 saturated heterocycles. The molecule has 0 saturated carbocycles. The van der Waals surface area contributed by atoms with Gasteiger partial charge in [-0.1, -0.05) is 0 Å². The molecule has 0 amide bonds. The molecule has 0 fully saturated rings. The summed E-state index contributed by atoms with van der Waals surface area (Å²) in [5.41, 5.74) is 0.988. The zero-order valence-corrected chi connectivity index (χ0v) is 7.66. The van der Waals surface area contributed by atoms with Crippen LogP contribution in [0.3, 0.4) is 0 Å². The van der Waals surface area contributed by atoms with Crippen molar-refractivity contribution in [3.8, 4) is 0 Å². The Hall–Kier alpha value is -0.262. The van der Waals surface area contributed by atoms with Gasteiger partial charge >= 0.3 is 69.2 Å². The van der Waals surface area contributed by atoms with Crippen LogP contribution >= 0.6 is 0 Å². The summed E-state index contributed by atoms with van der Waals surface area (Å²) in [6.07, 6.45) is -0.362. The summed E-state index contributed by atoms with van der Waals surface area (Å²) in [7, 11) is 0. The van der Waals surface area contributed by atoms with Crippen molar-refractivity contribution in [3.63, 3.8) is 0 Å². The minimum atomic E-state index is -0.362. The molecule has 10 heavy (non-hydrogen) atoms. The van der Waals surface area contributed by atoms with E-state index in [1.54, 1.807) is 6.92 Å². The number of aliphatic hydroxyl groups excluding tert-OH is 1. The van der Waals surface area contributed by atoms with Gasteiger partial charge in [-0.05, 0) is 0 Å². The first-order chi connectivity index (χ1) is 4.72. The summed E-state index contributed by atoms with van der Waals surface area (Å²) in [4.78, 5) is 0. The van der Waals surface area contributed by atoms with Crippen molar-refractivity contribution >= 4 is 21.2 Å². The fraction of sp³-hybridized carbons (Fsp3) is 0.250. The van der Waals surface area contributed by atoms with Crippen LogP contribution in [0.2, 0.25) is 0 Å². The van der Waals surface area contributed by atoms with Crippen LogP contribution in [0.15, 0.2) is 24.3 Å². The van der Waals surface area contributed by atoms with Crippen molar-refractivity contribution in [1.82, 2.24) is 0 Å². The van der Waals surface area contributed by atoms with Crippen molar-refractivity contribution in [2.75, 3.05) is 0 Å². The number of benzene rings is 1. The van der Waals surface area contributed by atoms with Crippen molar-refractivity contribution in [3.05, 3.63) is 29.8 Å². The number of aliphatic hydroxyl groups is 1. The molecule has 0 aliphatic rings. The summed E-state index contributed by atoms with van der Waals surface area (Å²) in [5.74, 6) is 0. The van der Waals surface area contributed by atoms with Gasteiger partial charge in [0.2, 0.25) is 0 Å². The van der Waals surface area contributed by atoms with Gasteiger partial charge in [-0.2, -0.15) is 0 Å². The first-order valence-corrected chi connectivity index (χ1v) is 4.11. The standard InChI is InChI=1S/C8H9AsO/c1-6(10)7-4-2-3-5-8(7)9/h2-6,10H,1H3. The van der Waals surface area contributed by atoms with Crippen LogP contribution < -0.4 is 4.35 Å². The van der Waals surface area contributed by atoms with E-state index in [2.05, 4.69) is 16.9 Å². The van der Waals surface area contributed by atoms with E-state index < -0.39 is 0 Å². The van der Waals surface area contributed by atoms with E-state index in [1.165, 1.54) is 0 Å². The third-order valence-corrected chi connectivity index (χ3v) is 2.24. The van der Waals surface area contributed by atoms with Gasteiger partial charge < -0.3 is 0 Å². The molecule has 0 aliphatic heterocycles. The molecule has 0 bridgehead atoms. The topological polar surface area (TPSA) is 20.2 Å². The average Bonchev–Trinajstić information content (AvgIpc) is 1.88. The van der Waals surface area contributed by atoms with E-state index in [4.69, 9.17) is 0 Å². The van der Waals surface area contributed by atoms with Gasteiger partial charge in [0.15, 0.2) is 0 Å². The predicted molar refractivity (Wildman–Crippen MR) is 42.5 cm³/mol. The van der Waals surface area contributed by atoms with Crippen LogP contribution in [0, 0.1) is 0 Å². The van der Waals surface area contributed by atoms with Crippen LogP contribution in [0.25, 0.3) is 0 Å². The minimum absolute atomic E-state index is 0.362. The van der Waals surface area contributed by atoms with E-state index in [-0.39, 0.29) is 6.10 Å². The molecule has 0 aromatic heterocycles. The third kappa shape index (κ3) is 1.62. The van der Waals surface area contributed by atoms with Gasteiger partial charge in [-0.3, -0.25) is 0 Å². The van der Waals surface area contributed by atoms with Crippen LogP contribution in [-0.4, -0.2) is 22.0 Å².